The van der Waals surface area contributed by atoms with E-state index >= 15 is 0 Å². The van der Waals surface area contributed by atoms with E-state index in [1.54, 1.807) is 0 Å². The van der Waals surface area contributed by atoms with Crippen LogP contribution in [-0.4, -0.2) is 10.9 Å². The molecule has 0 aromatic heterocycles. The summed E-state index contributed by atoms with van der Waals surface area (Å²) in [5.41, 5.74) is 1.25. The molecule has 0 aromatic rings. The molecule has 0 N–H and O–H groups in total. The molecule has 0 bridgehead atoms. The predicted octanol–water partition coefficient (Wildman–Crippen LogP) is 2.55. The first-order valence-corrected chi connectivity index (χ1v) is 4.42. The van der Waals surface area contributed by atoms with Crippen molar-refractivity contribution in [3.8, 4) is 0 Å². The van der Waals surface area contributed by atoms with E-state index in [9.17, 15) is 0 Å². The molecule has 11 heavy (non-hydrogen) atoms. The van der Waals surface area contributed by atoms with Crippen LogP contribution < -0.4 is 0 Å². The number of allylic oxidation sites excluding steroid dienone is 4. The maximum absolute atomic E-state index is 5.38. The molecule has 2 heteroatoms. The molecule has 0 radical (unpaired) electrons. The first-order chi connectivity index (χ1) is 5.20. The van der Waals surface area contributed by atoms with Gasteiger partial charge in [0, 0.05) is 5.57 Å². The molecular formula is C9H9BrO. The van der Waals surface area contributed by atoms with Crippen molar-refractivity contribution in [1.82, 2.24) is 0 Å². The molecule has 1 atom stereocenters. The lowest BCUT2D eigenvalue weighted by molar-refractivity contribution is 0.274. The Bertz CT molecular complexity index is 271. The van der Waals surface area contributed by atoms with Crippen molar-refractivity contribution in [1.29, 1.82) is 0 Å². The second-order valence-corrected chi connectivity index (χ2v) is 4.54. The van der Waals surface area contributed by atoms with Gasteiger partial charge in [-0.15, -0.1) is 0 Å². The second-order valence-electron chi connectivity index (χ2n) is 2.89. The van der Waals surface area contributed by atoms with Crippen molar-refractivity contribution < 1.29 is 4.74 Å². The van der Waals surface area contributed by atoms with E-state index in [-0.39, 0.29) is 4.32 Å². The molecule has 1 aliphatic carbocycles. The quantitative estimate of drug-likeness (QED) is 0.562. The number of fused-ring (bicyclic) bond motifs is 1. The van der Waals surface area contributed by atoms with Gasteiger partial charge in [-0.3, -0.25) is 0 Å². The Morgan fingerprint density at radius 3 is 3.18 bits per heavy atom. The Kier molecular flexibility index (Phi) is 1.46. The third kappa shape index (κ3) is 1.06. The fraction of sp³-hybridized carbons (Fsp3) is 0.333. The highest BCUT2D eigenvalue weighted by molar-refractivity contribution is 9.10. The van der Waals surface area contributed by atoms with Gasteiger partial charge in [-0.2, -0.15) is 0 Å². The van der Waals surface area contributed by atoms with Crippen molar-refractivity contribution in [3.05, 3.63) is 35.6 Å². The highest BCUT2D eigenvalue weighted by Gasteiger charge is 2.30. The number of alkyl halides is 1. The van der Waals surface area contributed by atoms with Crippen LogP contribution in [0.25, 0.3) is 0 Å². The fourth-order valence-electron chi connectivity index (χ4n) is 1.38. The average Bonchev–Trinajstić information content (AvgIpc) is 2.34. The molecule has 0 saturated heterocycles. The Balaban J connectivity index is 2.46. The molecule has 0 aromatic carbocycles. The third-order valence-electron chi connectivity index (χ3n) is 1.98. The van der Waals surface area contributed by atoms with E-state index in [1.807, 2.05) is 12.2 Å². The lowest BCUT2D eigenvalue weighted by atomic mass is 9.95. The zero-order chi connectivity index (χ0) is 7.90. The fourth-order valence-corrected chi connectivity index (χ4v) is 1.89. The SMILES string of the molecule is CC1(Br)C=CC=C2OCC=C21. The summed E-state index contributed by atoms with van der Waals surface area (Å²) in [6, 6.07) is 0. The number of rotatable bonds is 0. The Hall–Kier alpha value is -0.500. The number of hydrogen-bond acceptors (Lipinski definition) is 1. The van der Waals surface area contributed by atoms with Crippen LogP contribution in [0.1, 0.15) is 6.92 Å². The second kappa shape index (κ2) is 2.24. The molecule has 2 rings (SSSR count). The smallest absolute Gasteiger partial charge is 0.124 e. The number of hydrogen-bond donors (Lipinski definition) is 0. The average molecular weight is 213 g/mol. The van der Waals surface area contributed by atoms with Crippen LogP contribution in [0.3, 0.4) is 0 Å². The lowest BCUT2D eigenvalue weighted by Crippen LogP contribution is -2.17. The monoisotopic (exact) mass is 212 g/mol. The topological polar surface area (TPSA) is 9.23 Å². The van der Waals surface area contributed by atoms with E-state index in [0.29, 0.717) is 6.61 Å². The first kappa shape index (κ1) is 7.17. The molecule has 0 fully saturated rings. The summed E-state index contributed by atoms with van der Waals surface area (Å²) in [4.78, 5) is 0. The van der Waals surface area contributed by atoms with Gasteiger partial charge >= 0.3 is 0 Å². The van der Waals surface area contributed by atoms with E-state index in [4.69, 9.17) is 4.74 Å². The zero-order valence-electron chi connectivity index (χ0n) is 6.30. The summed E-state index contributed by atoms with van der Waals surface area (Å²) in [6.45, 7) is 2.83. The first-order valence-electron chi connectivity index (χ1n) is 3.62. The van der Waals surface area contributed by atoms with Crippen molar-refractivity contribution >= 4 is 15.9 Å². The molecule has 2 aliphatic rings. The third-order valence-corrected chi connectivity index (χ3v) is 2.67. The minimum atomic E-state index is -0.0203. The largest absolute Gasteiger partial charge is 0.489 e. The van der Waals surface area contributed by atoms with Gasteiger partial charge < -0.3 is 4.74 Å². The maximum atomic E-state index is 5.38. The molecular weight excluding hydrogens is 204 g/mol. The van der Waals surface area contributed by atoms with Gasteiger partial charge in [-0.05, 0) is 19.1 Å². The molecule has 1 unspecified atom stereocenters. The molecule has 0 spiro atoms. The summed E-state index contributed by atoms with van der Waals surface area (Å²) < 4.78 is 5.36. The van der Waals surface area contributed by atoms with Crippen LogP contribution in [0.15, 0.2) is 35.6 Å². The van der Waals surface area contributed by atoms with E-state index in [0.717, 1.165) is 5.76 Å². The van der Waals surface area contributed by atoms with E-state index < -0.39 is 0 Å². The van der Waals surface area contributed by atoms with Crippen molar-refractivity contribution in [2.24, 2.45) is 0 Å². The van der Waals surface area contributed by atoms with Gasteiger partial charge in [0.1, 0.15) is 12.4 Å². The molecule has 0 saturated carbocycles. The van der Waals surface area contributed by atoms with Gasteiger partial charge in [0.05, 0.1) is 4.32 Å². The van der Waals surface area contributed by atoms with Crippen molar-refractivity contribution in [3.63, 3.8) is 0 Å². The Morgan fingerprint density at radius 2 is 2.45 bits per heavy atom. The zero-order valence-corrected chi connectivity index (χ0v) is 7.89. The molecule has 1 nitrogen and oxygen atoms in total. The standard InChI is InChI=1S/C9H9BrO/c1-9(10)5-2-3-8-7(9)4-6-11-8/h2-5H,6H2,1H3. The number of ether oxygens (including phenoxy) is 1. The van der Waals surface area contributed by atoms with Gasteiger partial charge in [0.15, 0.2) is 0 Å². The highest BCUT2D eigenvalue weighted by atomic mass is 79.9. The van der Waals surface area contributed by atoms with Gasteiger partial charge in [-0.1, -0.05) is 28.1 Å². The summed E-state index contributed by atoms with van der Waals surface area (Å²) in [6.07, 6.45) is 8.26. The lowest BCUT2D eigenvalue weighted by Gasteiger charge is -2.22. The minimum Gasteiger partial charge on any atom is -0.489 e. The molecule has 58 valence electrons. The molecule has 1 heterocycles. The van der Waals surface area contributed by atoms with Gasteiger partial charge in [0.25, 0.3) is 0 Å². The van der Waals surface area contributed by atoms with Crippen molar-refractivity contribution in [2.75, 3.05) is 6.61 Å². The van der Waals surface area contributed by atoms with Crippen LogP contribution in [0.2, 0.25) is 0 Å². The highest BCUT2D eigenvalue weighted by Crippen LogP contribution is 2.39. The van der Waals surface area contributed by atoms with Gasteiger partial charge in [0.2, 0.25) is 0 Å². The normalized spacial score (nSPS) is 34.0. The minimum absolute atomic E-state index is 0.0203. The van der Waals surface area contributed by atoms with Gasteiger partial charge in [-0.25, -0.2) is 0 Å². The molecule has 1 aliphatic heterocycles. The predicted molar refractivity (Wildman–Crippen MR) is 48.6 cm³/mol. The van der Waals surface area contributed by atoms with Crippen LogP contribution >= 0.6 is 15.9 Å². The summed E-state index contributed by atoms with van der Waals surface area (Å²) in [5.74, 6) is 1.01. The summed E-state index contributed by atoms with van der Waals surface area (Å²) >= 11 is 3.62. The van der Waals surface area contributed by atoms with Crippen LogP contribution in [0.5, 0.6) is 0 Å². The Morgan fingerprint density at radius 1 is 1.64 bits per heavy atom. The Labute approximate surface area is 74.6 Å². The van der Waals surface area contributed by atoms with E-state index in [1.165, 1.54) is 5.57 Å². The van der Waals surface area contributed by atoms with Crippen LogP contribution in [0.4, 0.5) is 0 Å². The van der Waals surface area contributed by atoms with Crippen LogP contribution in [0, 0.1) is 0 Å². The van der Waals surface area contributed by atoms with E-state index in [2.05, 4.69) is 35.0 Å². The summed E-state index contributed by atoms with van der Waals surface area (Å²) in [7, 11) is 0. The maximum Gasteiger partial charge on any atom is 0.124 e. The summed E-state index contributed by atoms with van der Waals surface area (Å²) in [5, 5.41) is 0. The number of halogens is 1. The van der Waals surface area contributed by atoms with Crippen molar-refractivity contribution in [2.45, 2.75) is 11.2 Å². The van der Waals surface area contributed by atoms with Crippen LogP contribution in [-0.2, 0) is 4.74 Å². The molecule has 0 amide bonds.